The van der Waals surface area contributed by atoms with Crippen LogP contribution in [0.25, 0.3) is 0 Å². The Bertz CT molecular complexity index is 375. The third-order valence-electron chi connectivity index (χ3n) is 2.21. The molecule has 0 fully saturated rings. The Balaban J connectivity index is 3.17. The Hall–Kier alpha value is -1.64. The molecule has 0 N–H and O–H groups in total. The molecule has 0 bridgehead atoms. The van der Waals surface area contributed by atoms with Gasteiger partial charge in [0.05, 0.1) is 11.1 Å². The lowest BCUT2D eigenvalue weighted by atomic mass is 10.1. The molecule has 0 saturated heterocycles. The molecule has 0 aliphatic carbocycles. The van der Waals surface area contributed by atoms with Gasteiger partial charge in [-0.05, 0) is 13.3 Å². The fourth-order valence-electron chi connectivity index (χ4n) is 1.41. The number of hydrogen-bond donors (Lipinski definition) is 0. The highest BCUT2D eigenvalue weighted by Crippen LogP contribution is 2.21. The van der Waals surface area contributed by atoms with Crippen LogP contribution in [0.2, 0.25) is 0 Å². The standard InChI is InChI=1S/C12H15NO2/c1-4-6-8-10-9(7-5-2)11(14)13(3)12(10)15/h5-8H,4H2,1-3H3/b7-5-,8-6-. The molecule has 15 heavy (non-hydrogen) atoms. The second-order valence-electron chi connectivity index (χ2n) is 3.31. The number of carbonyl (C=O) groups excluding carboxylic acids is 2. The number of hydrogen-bond acceptors (Lipinski definition) is 2. The molecule has 3 nitrogen and oxygen atoms in total. The third kappa shape index (κ3) is 2.06. The Kier molecular flexibility index (Phi) is 3.61. The Morgan fingerprint density at radius 3 is 2.13 bits per heavy atom. The minimum atomic E-state index is -0.228. The fourth-order valence-corrected chi connectivity index (χ4v) is 1.41. The van der Waals surface area contributed by atoms with E-state index in [1.807, 2.05) is 19.9 Å². The number of nitrogens with zero attached hydrogens (tertiary/aromatic N) is 1. The van der Waals surface area contributed by atoms with Crippen LogP contribution in [0, 0.1) is 0 Å². The van der Waals surface area contributed by atoms with Crippen LogP contribution >= 0.6 is 0 Å². The summed E-state index contributed by atoms with van der Waals surface area (Å²) in [4.78, 5) is 24.5. The van der Waals surface area contributed by atoms with E-state index in [2.05, 4.69) is 0 Å². The first-order valence-corrected chi connectivity index (χ1v) is 4.99. The van der Waals surface area contributed by atoms with E-state index in [-0.39, 0.29) is 11.8 Å². The molecule has 0 unspecified atom stereocenters. The van der Waals surface area contributed by atoms with E-state index in [1.54, 1.807) is 18.2 Å². The molecule has 0 aromatic carbocycles. The van der Waals surface area contributed by atoms with E-state index in [1.165, 1.54) is 7.05 Å². The van der Waals surface area contributed by atoms with E-state index in [0.717, 1.165) is 11.3 Å². The van der Waals surface area contributed by atoms with Gasteiger partial charge >= 0.3 is 0 Å². The SMILES string of the molecule is C/C=C\C1=C(/C=C\CC)C(=O)N(C)C1=O. The number of imide groups is 1. The topological polar surface area (TPSA) is 37.4 Å². The van der Waals surface area contributed by atoms with Gasteiger partial charge in [-0.15, -0.1) is 0 Å². The van der Waals surface area contributed by atoms with Gasteiger partial charge in [0.25, 0.3) is 11.8 Å². The highest BCUT2D eigenvalue weighted by Gasteiger charge is 2.32. The molecule has 0 spiro atoms. The second-order valence-corrected chi connectivity index (χ2v) is 3.31. The molecule has 2 amide bonds. The summed E-state index contributed by atoms with van der Waals surface area (Å²) in [5.74, 6) is -0.452. The largest absolute Gasteiger partial charge is 0.277 e. The molecule has 0 atom stereocenters. The van der Waals surface area contributed by atoms with Crippen LogP contribution in [-0.2, 0) is 9.59 Å². The van der Waals surface area contributed by atoms with Crippen molar-refractivity contribution in [2.24, 2.45) is 0 Å². The Morgan fingerprint density at radius 2 is 1.67 bits per heavy atom. The van der Waals surface area contributed by atoms with E-state index in [4.69, 9.17) is 0 Å². The van der Waals surface area contributed by atoms with E-state index in [0.29, 0.717) is 11.1 Å². The number of carbonyl (C=O) groups is 2. The van der Waals surface area contributed by atoms with E-state index >= 15 is 0 Å². The van der Waals surface area contributed by atoms with Gasteiger partial charge in [-0.1, -0.05) is 31.2 Å². The van der Waals surface area contributed by atoms with Gasteiger partial charge in [0.15, 0.2) is 0 Å². The van der Waals surface area contributed by atoms with Crippen molar-refractivity contribution < 1.29 is 9.59 Å². The van der Waals surface area contributed by atoms with Crippen LogP contribution in [0.1, 0.15) is 20.3 Å². The summed E-state index contributed by atoms with van der Waals surface area (Å²) in [5.41, 5.74) is 0.970. The molecule has 1 aliphatic heterocycles. The minimum Gasteiger partial charge on any atom is -0.277 e. The summed E-state index contributed by atoms with van der Waals surface area (Å²) in [6, 6.07) is 0. The zero-order valence-corrected chi connectivity index (χ0v) is 9.28. The van der Waals surface area contributed by atoms with Crippen LogP contribution in [-0.4, -0.2) is 23.8 Å². The summed E-state index contributed by atoms with van der Waals surface area (Å²) < 4.78 is 0. The van der Waals surface area contributed by atoms with Gasteiger partial charge in [-0.3, -0.25) is 14.5 Å². The molecule has 3 heteroatoms. The van der Waals surface area contributed by atoms with Crippen molar-refractivity contribution in [2.45, 2.75) is 20.3 Å². The maximum absolute atomic E-state index is 11.7. The average Bonchev–Trinajstić information content (AvgIpc) is 2.42. The van der Waals surface area contributed by atoms with Crippen molar-refractivity contribution >= 4 is 11.8 Å². The lowest BCUT2D eigenvalue weighted by molar-refractivity contribution is -0.135. The quantitative estimate of drug-likeness (QED) is 0.659. The Morgan fingerprint density at radius 1 is 1.13 bits per heavy atom. The van der Waals surface area contributed by atoms with E-state index in [9.17, 15) is 9.59 Å². The van der Waals surface area contributed by atoms with Crippen molar-refractivity contribution in [3.05, 3.63) is 35.5 Å². The van der Waals surface area contributed by atoms with Crippen LogP contribution in [0.15, 0.2) is 35.5 Å². The van der Waals surface area contributed by atoms with Gasteiger partial charge in [0.1, 0.15) is 0 Å². The van der Waals surface area contributed by atoms with Gasteiger partial charge in [0, 0.05) is 7.05 Å². The monoisotopic (exact) mass is 205 g/mol. The van der Waals surface area contributed by atoms with Crippen molar-refractivity contribution in [3.8, 4) is 0 Å². The number of rotatable bonds is 3. The van der Waals surface area contributed by atoms with Gasteiger partial charge in [0.2, 0.25) is 0 Å². The Labute approximate surface area is 89.8 Å². The third-order valence-corrected chi connectivity index (χ3v) is 2.21. The summed E-state index contributed by atoms with van der Waals surface area (Å²) >= 11 is 0. The number of amides is 2. The molecular formula is C12H15NO2. The first-order chi connectivity index (χ1) is 7.13. The predicted molar refractivity (Wildman–Crippen MR) is 59.0 cm³/mol. The molecule has 0 radical (unpaired) electrons. The number of likely N-dealkylation sites (N-methyl/N-ethyl adjacent to an activating group) is 1. The van der Waals surface area contributed by atoms with Gasteiger partial charge in [-0.25, -0.2) is 0 Å². The lowest BCUT2D eigenvalue weighted by Gasteiger charge is -2.04. The minimum absolute atomic E-state index is 0.224. The molecule has 1 heterocycles. The van der Waals surface area contributed by atoms with E-state index < -0.39 is 0 Å². The van der Waals surface area contributed by atoms with Crippen molar-refractivity contribution in [2.75, 3.05) is 7.05 Å². The van der Waals surface area contributed by atoms with Crippen molar-refractivity contribution in [1.29, 1.82) is 0 Å². The first kappa shape index (κ1) is 11.4. The molecule has 1 aliphatic rings. The smallest absolute Gasteiger partial charge is 0.261 e. The van der Waals surface area contributed by atoms with Crippen molar-refractivity contribution in [3.63, 3.8) is 0 Å². The van der Waals surface area contributed by atoms with Gasteiger partial charge < -0.3 is 0 Å². The highest BCUT2D eigenvalue weighted by molar-refractivity contribution is 6.21. The molecule has 0 aromatic rings. The zero-order chi connectivity index (χ0) is 11.4. The van der Waals surface area contributed by atoms with Gasteiger partial charge in [-0.2, -0.15) is 0 Å². The van der Waals surface area contributed by atoms with Crippen LogP contribution in [0.5, 0.6) is 0 Å². The molecular weight excluding hydrogens is 190 g/mol. The second kappa shape index (κ2) is 4.73. The summed E-state index contributed by atoms with van der Waals surface area (Å²) in [6.45, 7) is 3.81. The molecule has 0 aromatic heterocycles. The summed E-state index contributed by atoms with van der Waals surface area (Å²) in [5, 5.41) is 0. The molecule has 0 saturated carbocycles. The molecule has 1 rings (SSSR count). The lowest BCUT2D eigenvalue weighted by Crippen LogP contribution is -2.26. The first-order valence-electron chi connectivity index (χ1n) is 4.99. The van der Waals surface area contributed by atoms with Crippen molar-refractivity contribution in [1.82, 2.24) is 4.90 Å². The molecule has 80 valence electrons. The average molecular weight is 205 g/mol. The zero-order valence-electron chi connectivity index (χ0n) is 9.28. The maximum Gasteiger partial charge on any atom is 0.261 e. The van der Waals surface area contributed by atoms with Crippen LogP contribution in [0.3, 0.4) is 0 Å². The maximum atomic E-state index is 11.7. The number of allylic oxidation sites excluding steroid dienone is 2. The fraction of sp³-hybridized carbons (Fsp3) is 0.333. The summed E-state index contributed by atoms with van der Waals surface area (Å²) in [7, 11) is 1.50. The van der Waals surface area contributed by atoms with Crippen LogP contribution < -0.4 is 0 Å². The predicted octanol–water partition coefficient (Wildman–Crippen LogP) is 1.82. The van der Waals surface area contributed by atoms with Crippen LogP contribution in [0.4, 0.5) is 0 Å². The summed E-state index contributed by atoms with van der Waals surface area (Å²) in [6.07, 6.45) is 7.89. The highest BCUT2D eigenvalue weighted by atomic mass is 16.2. The normalized spacial score (nSPS) is 17.9.